The van der Waals surface area contributed by atoms with Crippen LogP contribution in [-0.2, 0) is 4.74 Å². The normalized spacial score (nSPS) is 13.6. The average molecular weight is 200 g/mol. The average Bonchev–Trinajstić information content (AvgIpc) is 2.47. The quantitative estimate of drug-likeness (QED) is 0.809. The molecule has 0 aliphatic carbocycles. The number of aliphatic hydroxyl groups is 1. The Morgan fingerprint density at radius 2 is 2.23 bits per heavy atom. The second kappa shape index (κ2) is 4.74. The summed E-state index contributed by atoms with van der Waals surface area (Å²) >= 11 is 1.65. The summed E-state index contributed by atoms with van der Waals surface area (Å²) in [5.41, 5.74) is 0.961. The van der Waals surface area contributed by atoms with Crippen LogP contribution in [0.2, 0.25) is 0 Å². The maximum atomic E-state index is 9.66. The molecule has 1 aromatic rings. The molecule has 0 saturated carbocycles. The Kier molecular flexibility index (Phi) is 3.90. The van der Waals surface area contributed by atoms with Crippen molar-refractivity contribution in [3.05, 3.63) is 21.9 Å². The summed E-state index contributed by atoms with van der Waals surface area (Å²) in [6, 6.07) is 2.00. The minimum absolute atomic E-state index is 0.175. The van der Waals surface area contributed by atoms with Crippen molar-refractivity contribution in [1.82, 2.24) is 0 Å². The molecule has 1 heterocycles. The van der Waals surface area contributed by atoms with E-state index < -0.39 is 6.10 Å². The van der Waals surface area contributed by atoms with Gasteiger partial charge in [0.15, 0.2) is 0 Å². The first kappa shape index (κ1) is 10.7. The van der Waals surface area contributed by atoms with Gasteiger partial charge in [-0.15, -0.1) is 11.3 Å². The number of aliphatic hydroxyl groups excluding tert-OH is 1. The van der Waals surface area contributed by atoms with E-state index in [9.17, 15) is 5.11 Å². The molecule has 0 fully saturated rings. The number of hydrogen-bond acceptors (Lipinski definition) is 3. The van der Waals surface area contributed by atoms with E-state index >= 15 is 0 Å². The molecule has 0 saturated heterocycles. The highest BCUT2D eigenvalue weighted by atomic mass is 32.1. The zero-order valence-corrected chi connectivity index (χ0v) is 9.10. The molecule has 0 aliphatic heterocycles. The second-order valence-electron chi connectivity index (χ2n) is 3.39. The molecule has 1 rings (SSSR count). The third kappa shape index (κ3) is 3.46. The summed E-state index contributed by atoms with van der Waals surface area (Å²) in [6.07, 6.45) is -0.304. The van der Waals surface area contributed by atoms with E-state index in [2.05, 4.69) is 0 Å². The molecule has 0 aliphatic rings. The maximum absolute atomic E-state index is 9.66. The molecule has 1 aromatic heterocycles. The Bertz CT molecular complexity index is 255. The first-order valence-corrected chi connectivity index (χ1v) is 5.32. The van der Waals surface area contributed by atoms with Gasteiger partial charge in [-0.1, -0.05) is 0 Å². The van der Waals surface area contributed by atoms with Gasteiger partial charge in [-0.3, -0.25) is 0 Å². The van der Waals surface area contributed by atoms with E-state index in [1.54, 1.807) is 11.3 Å². The lowest BCUT2D eigenvalue weighted by Crippen LogP contribution is -2.11. The van der Waals surface area contributed by atoms with Crippen LogP contribution in [0.25, 0.3) is 0 Å². The van der Waals surface area contributed by atoms with Crippen LogP contribution in [0.3, 0.4) is 0 Å². The summed E-state index contributed by atoms with van der Waals surface area (Å²) in [7, 11) is 0. The van der Waals surface area contributed by atoms with E-state index in [-0.39, 0.29) is 6.10 Å². The van der Waals surface area contributed by atoms with E-state index in [4.69, 9.17) is 4.74 Å². The lowest BCUT2D eigenvalue weighted by Gasteiger charge is -2.11. The monoisotopic (exact) mass is 200 g/mol. The molecule has 2 nitrogen and oxygen atoms in total. The van der Waals surface area contributed by atoms with Gasteiger partial charge in [0.1, 0.15) is 6.10 Å². The van der Waals surface area contributed by atoms with Crippen LogP contribution >= 0.6 is 11.3 Å². The topological polar surface area (TPSA) is 29.5 Å². The number of ether oxygens (including phenoxy) is 1. The summed E-state index contributed by atoms with van der Waals surface area (Å²) < 4.78 is 5.32. The number of thiophene rings is 1. The number of hydrogen-bond donors (Lipinski definition) is 1. The van der Waals surface area contributed by atoms with Crippen LogP contribution in [0.5, 0.6) is 0 Å². The largest absolute Gasteiger partial charge is 0.386 e. The van der Waals surface area contributed by atoms with Crippen molar-refractivity contribution in [2.45, 2.75) is 33.0 Å². The lowest BCUT2D eigenvalue weighted by molar-refractivity contribution is 0.00508. The minimum atomic E-state index is -0.479. The molecule has 1 atom stereocenters. The highest BCUT2D eigenvalue weighted by Crippen LogP contribution is 2.20. The molecule has 0 aromatic carbocycles. The van der Waals surface area contributed by atoms with Crippen LogP contribution in [0, 0.1) is 6.92 Å². The maximum Gasteiger partial charge on any atom is 0.103 e. The highest BCUT2D eigenvalue weighted by molar-refractivity contribution is 7.10. The van der Waals surface area contributed by atoms with Crippen LogP contribution in [0.1, 0.15) is 30.4 Å². The molecule has 0 radical (unpaired) electrons. The Morgan fingerprint density at radius 3 is 2.69 bits per heavy atom. The van der Waals surface area contributed by atoms with Crippen molar-refractivity contribution >= 4 is 11.3 Å². The van der Waals surface area contributed by atoms with E-state index in [0.717, 1.165) is 5.56 Å². The highest BCUT2D eigenvalue weighted by Gasteiger charge is 2.09. The van der Waals surface area contributed by atoms with Crippen molar-refractivity contribution in [2.24, 2.45) is 0 Å². The van der Waals surface area contributed by atoms with Crippen LogP contribution < -0.4 is 0 Å². The third-order valence-corrected chi connectivity index (χ3v) is 2.60. The zero-order valence-electron chi connectivity index (χ0n) is 8.28. The number of rotatable bonds is 4. The Hall–Kier alpha value is -0.380. The lowest BCUT2D eigenvalue weighted by atomic mass is 10.2. The van der Waals surface area contributed by atoms with Crippen molar-refractivity contribution < 1.29 is 9.84 Å². The molecular weight excluding hydrogens is 184 g/mol. The van der Waals surface area contributed by atoms with Crippen LogP contribution in [-0.4, -0.2) is 17.8 Å². The van der Waals surface area contributed by atoms with Gasteiger partial charge in [-0.05, 0) is 37.8 Å². The van der Waals surface area contributed by atoms with Gasteiger partial charge >= 0.3 is 0 Å². The minimum Gasteiger partial charge on any atom is -0.386 e. The summed E-state index contributed by atoms with van der Waals surface area (Å²) in [6.45, 7) is 6.34. The predicted octanol–water partition coefficient (Wildman–Crippen LogP) is 2.51. The first-order chi connectivity index (χ1) is 6.09. The van der Waals surface area contributed by atoms with Crippen molar-refractivity contribution in [2.75, 3.05) is 6.61 Å². The van der Waals surface area contributed by atoms with Gasteiger partial charge in [0, 0.05) is 4.88 Å². The van der Waals surface area contributed by atoms with Gasteiger partial charge in [0.05, 0.1) is 12.7 Å². The molecule has 1 N–H and O–H groups in total. The molecular formula is C10H16O2S. The fraction of sp³-hybridized carbons (Fsp3) is 0.600. The number of aryl methyl sites for hydroxylation is 1. The summed E-state index contributed by atoms with van der Waals surface area (Å²) in [5, 5.41) is 11.6. The predicted molar refractivity (Wildman–Crippen MR) is 55.1 cm³/mol. The van der Waals surface area contributed by atoms with Crippen LogP contribution in [0.4, 0.5) is 0 Å². The first-order valence-electron chi connectivity index (χ1n) is 4.44. The summed E-state index contributed by atoms with van der Waals surface area (Å²) in [5.74, 6) is 0. The standard InChI is InChI=1S/C10H16O2S/c1-7(2)12-5-10(11)9-4-8(3)13-6-9/h4,6-7,10-11H,5H2,1-3H3. The van der Waals surface area contributed by atoms with Gasteiger partial charge in [-0.2, -0.15) is 0 Å². The smallest absolute Gasteiger partial charge is 0.103 e. The van der Waals surface area contributed by atoms with Gasteiger partial charge in [0.2, 0.25) is 0 Å². The van der Waals surface area contributed by atoms with E-state index in [1.165, 1.54) is 4.88 Å². The molecule has 0 spiro atoms. The molecule has 13 heavy (non-hydrogen) atoms. The van der Waals surface area contributed by atoms with Gasteiger partial charge in [0.25, 0.3) is 0 Å². The molecule has 1 unspecified atom stereocenters. The van der Waals surface area contributed by atoms with E-state index in [1.807, 2.05) is 32.2 Å². The fourth-order valence-corrected chi connectivity index (χ4v) is 1.77. The Morgan fingerprint density at radius 1 is 1.54 bits per heavy atom. The molecule has 0 bridgehead atoms. The zero-order chi connectivity index (χ0) is 9.84. The molecule has 0 amide bonds. The van der Waals surface area contributed by atoms with Crippen molar-refractivity contribution in [3.63, 3.8) is 0 Å². The third-order valence-electron chi connectivity index (χ3n) is 1.72. The van der Waals surface area contributed by atoms with Gasteiger partial charge in [-0.25, -0.2) is 0 Å². The molecule has 74 valence electrons. The van der Waals surface area contributed by atoms with Crippen molar-refractivity contribution in [3.8, 4) is 0 Å². The van der Waals surface area contributed by atoms with Crippen molar-refractivity contribution in [1.29, 1.82) is 0 Å². The fourth-order valence-electron chi connectivity index (χ4n) is 1.02. The van der Waals surface area contributed by atoms with Gasteiger partial charge < -0.3 is 9.84 Å². The van der Waals surface area contributed by atoms with Crippen LogP contribution in [0.15, 0.2) is 11.4 Å². The second-order valence-corrected chi connectivity index (χ2v) is 4.50. The summed E-state index contributed by atoms with van der Waals surface area (Å²) in [4.78, 5) is 1.22. The Labute approximate surface area is 83.2 Å². The van der Waals surface area contributed by atoms with E-state index in [0.29, 0.717) is 6.61 Å². The Balaban J connectivity index is 2.44. The molecule has 3 heteroatoms. The SMILES string of the molecule is Cc1cc(C(O)COC(C)C)cs1.